The molecule has 5 N–H and O–H groups in total. The lowest BCUT2D eigenvalue weighted by molar-refractivity contribution is 0.475. The first-order chi connectivity index (χ1) is 9.08. The third-order valence-electron chi connectivity index (χ3n) is 2.63. The van der Waals surface area contributed by atoms with Crippen LogP contribution in [0.4, 0.5) is 11.6 Å². The normalized spacial score (nSPS) is 9.58. The Balaban J connectivity index is 2.85. The fourth-order valence-corrected chi connectivity index (χ4v) is 1.77. The maximum Gasteiger partial charge on any atom is 0.144 e. The molecular weight excluding hydrogens is 242 g/mol. The Hall–Kier alpha value is -3.25. The van der Waals surface area contributed by atoms with Gasteiger partial charge in [-0.2, -0.15) is 10.5 Å². The topological polar surface area (TPSA) is 133 Å². The van der Waals surface area contributed by atoms with E-state index in [2.05, 4.69) is 4.98 Å². The predicted octanol–water partition coefficient (Wildman–Crippen LogP) is 1.36. The zero-order valence-electron chi connectivity index (χ0n) is 9.75. The van der Waals surface area contributed by atoms with Crippen LogP contribution >= 0.6 is 0 Å². The standard InChI is InChI=1S/C13H9N5O/c14-5-9-11(7-1-3-8(19)4-2-7)10(6-15)13(17)18-12(9)16/h1-4,19H,(H4,16,17,18). The molecule has 0 bridgehead atoms. The zero-order valence-corrected chi connectivity index (χ0v) is 9.75. The molecule has 0 aliphatic carbocycles. The molecule has 6 heteroatoms. The van der Waals surface area contributed by atoms with Crippen molar-refractivity contribution in [3.8, 4) is 29.0 Å². The Kier molecular flexibility index (Phi) is 2.93. The number of phenols is 1. The summed E-state index contributed by atoms with van der Waals surface area (Å²) in [4.78, 5) is 3.78. The molecule has 1 aromatic heterocycles. The molecule has 0 spiro atoms. The summed E-state index contributed by atoms with van der Waals surface area (Å²) in [7, 11) is 0. The van der Waals surface area contributed by atoms with Crippen LogP contribution in [0.5, 0.6) is 5.75 Å². The number of pyridine rings is 1. The second-order valence-corrected chi connectivity index (χ2v) is 3.78. The van der Waals surface area contributed by atoms with Gasteiger partial charge in [0.05, 0.1) is 0 Å². The van der Waals surface area contributed by atoms with E-state index in [1.165, 1.54) is 12.1 Å². The minimum Gasteiger partial charge on any atom is -0.508 e. The molecule has 0 saturated carbocycles. The van der Waals surface area contributed by atoms with Crippen LogP contribution in [0.25, 0.3) is 11.1 Å². The van der Waals surface area contributed by atoms with Gasteiger partial charge in [0.25, 0.3) is 0 Å². The van der Waals surface area contributed by atoms with Crippen LogP contribution in [0.15, 0.2) is 24.3 Å². The fourth-order valence-electron chi connectivity index (χ4n) is 1.77. The highest BCUT2D eigenvalue weighted by atomic mass is 16.3. The van der Waals surface area contributed by atoms with E-state index in [-0.39, 0.29) is 28.5 Å². The van der Waals surface area contributed by atoms with E-state index in [1.54, 1.807) is 12.1 Å². The summed E-state index contributed by atoms with van der Waals surface area (Å²) in [5.74, 6) is 0.0277. The number of hydrogen-bond acceptors (Lipinski definition) is 6. The molecule has 92 valence electrons. The molecule has 0 unspecified atom stereocenters. The van der Waals surface area contributed by atoms with Gasteiger partial charge < -0.3 is 16.6 Å². The van der Waals surface area contributed by atoms with Crippen molar-refractivity contribution in [2.75, 3.05) is 11.5 Å². The molecule has 0 aliphatic rings. The van der Waals surface area contributed by atoms with Crippen LogP contribution < -0.4 is 11.5 Å². The lowest BCUT2D eigenvalue weighted by Gasteiger charge is -2.10. The molecule has 2 aromatic rings. The van der Waals surface area contributed by atoms with E-state index in [0.29, 0.717) is 11.1 Å². The smallest absolute Gasteiger partial charge is 0.144 e. The molecule has 0 fully saturated rings. The van der Waals surface area contributed by atoms with Crippen molar-refractivity contribution in [3.63, 3.8) is 0 Å². The highest BCUT2D eigenvalue weighted by molar-refractivity contribution is 5.84. The van der Waals surface area contributed by atoms with Crippen LogP contribution in [0.2, 0.25) is 0 Å². The largest absolute Gasteiger partial charge is 0.508 e. The second kappa shape index (κ2) is 4.55. The first-order valence-electron chi connectivity index (χ1n) is 5.27. The lowest BCUT2D eigenvalue weighted by Crippen LogP contribution is -2.05. The maximum absolute atomic E-state index is 9.27. The van der Waals surface area contributed by atoms with E-state index in [1.807, 2.05) is 12.1 Å². The Bertz CT molecular complexity index is 684. The van der Waals surface area contributed by atoms with Crippen LogP contribution in [-0.2, 0) is 0 Å². The van der Waals surface area contributed by atoms with E-state index in [4.69, 9.17) is 22.0 Å². The van der Waals surface area contributed by atoms with Crippen molar-refractivity contribution in [3.05, 3.63) is 35.4 Å². The number of aromatic nitrogens is 1. The number of nitriles is 2. The summed E-state index contributed by atoms with van der Waals surface area (Å²) < 4.78 is 0. The maximum atomic E-state index is 9.27. The summed E-state index contributed by atoms with van der Waals surface area (Å²) >= 11 is 0. The van der Waals surface area contributed by atoms with Gasteiger partial charge >= 0.3 is 0 Å². The molecule has 0 radical (unpaired) electrons. The molecule has 1 heterocycles. The highest BCUT2D eigenvalue weighted by Gasteiger charge is 2.18. The van der Waals surface area contributed by atoms with Crippen molar-refractivity contribution in [1.82, 2.24) is 4.98 Å². The Morgan fingerprint density at radius 3 is 1.84 bits per heavy atom. The first kappa shape index (κ1) is 12.2. The number of hydrogen-bond donors (Lipinski definition) is 3. The van der Waals surface area contributed by atoms with Crippen molar-refractivity contribution < 1.29 is 5.11 Å². The van der Waals surface area contributed by atoms with Gasteiger partial charge in [0.2, 0.25) is 0 Å². The molecule has 1 aromatic carbocycles. The number of nitrogens with zero attached hydrogens (tertiary/aromatic N) is 3. The second-order valence-electron chi connectivity index (χ2n) is 3.78. The van der Waals surface area contributed by atoms with E-state index in [0.717, 1.165) is 0 Å². The van der Waals surface area contributed by atoms with Gasteiger partial charge in [0, 0.05) is 5.56 Å². The SMILES string of the molecule is N#Cc1c(N)nc(N)c(C#N)c1-c1ccc(O)cc1. The molecule has 6 nitrogen and oxygen atoms in total. The third kappa shape index (κ3) is 1.99. The highest BCUT2D eigenvalue weighted by Crippen LogP contribution is 2.33. The molecule has 0 atom stereocenters. The predicted molar refractivity (Wildman–Crippen MR) is 69.6 cm³/mol. The average Bonchev–Trinajstić information content (AvgIpc) is 2.39. The number of anilines is 2. The average molecular weight is 251 g/mol. The van der Waals surface area contributed by atoms with Gasteiger partial charge in [-0.25, -0.2) is 4.98 Å². The Morgan fingerprint density at radius 2 is 1.42 bits per heavy atom. The van der Waals surface area contributed by atoms with Crippen molar-refractivity contribution in [2.45, 2.75) is 0 Å². The van der Waals surface area contributed by atoms with E-state index >= 15 is 0 Å². The number of nitrogen functional groups attached to an aromatic ring is 2. The van der Waals surface area contributed by atoms with E-state index in [9.17, 15) is 5.11 Å². The zero-order chi connectivity index (χ0) is 14.0. The van der Waals surface area contributed by atoms with Crippen molar-refractivity contribution >= 4 is 11.6 Å². The monoisotopic (exact) mass is 251 g/mol. The van der Waals surface area contributed by atoms with E-state index < -0.39 is 0 Å². The lowest BCUT2D eigenvalue weighted by atomic mass is 9.96. The number of nitrogens with two attached hydrogens (primary N) is 2. The van der Waals surface area contributed by atoms with Crippen LogP contribution in [0, 0.1) is 22.7 Å². The molecule has 0 amide bonds. The van der Waals surface area contributed by atoms with Crippen LogP contribution in [0.3, 0.4) is 0 Å². The fraction of sp³-hybridized carbons (Fsp3) is 0. The van der Waals surface area contributed by atoms with Gasteiger partial charge in [-0.3, -0.25) is 0 Å². The van der Waals surface area contributed by atoms with Gasteiger partial charge in [0.15, 0.2) is 0 Å². The van der Waals surface area contributed by atoms with Crippen LogP contribution in [0.1, 0.15) is 11.1 Å². The Labute approximate surface area is 109 Å². The van der Waals surface area contributed by atoms with Gasteiger partial charge in [-0.15, -0.1) is 0 Å². The molecule has 0 saturated heterocycles. The third-order valence-corrected chi connectivity index (χ3v) is 2.63. The van der Waals surface area contributed by atoms with Crippen LogP contribution in [-0.4, -0.2) is 10.1 Å². The molecule has 19 heavy (non-hydrogen) atoms. The number of phenolic OH excluding ortho intramolecular Hbond substituents is 1. The molecular formula is C13H9N5O. The molecule has 2 rings (SSSR count). The summed E-state index contributed by atoms with van der Waals surface area (Å²) in [6.07, 6.45) is 0. The summed E-state index contributed by atoms with van der Waals surface area (Å²) in [5.41, 5.74) is 12.4. The van der Waals surface area contributed by atoms with Crippen molar-refractivity contribution in [2.24, 2.45) is 0 Å². The summed E-state index contributed by atoms with van der Waals surface area (Å²) in [5, 5.41) is 27.6. The molecule has 0 aliphatic heterocycles. The number of benzene rings is 1. The minimum atomic E-state index is -0.0259. The summed E-state index contributed by atoms with van der Waals surface area (Å²) in [6.45, 7) is 0. The quantitative estimate of drug-likeness (QED) is 0.700. The summed E-state index contributed by atoms with van der Waals surface area (Å²) in [6, 6.07) is 9.89. The number of aromatic hydroxyl groups is 1. The van der Waals surface area contributed by atoms with Crippen molar-refractivity contribution in [1.29, 1.82) is 10.5 Å². The first-order valence-corrected chi connectivity index (χ1v) is 5.27. The minimum absolute atomic E-state index is 0.0259. The van der Waals surface area contributed by atoms with Gasteiger partial charge in [-0.1, -0.05) is 12.1 Å². The van der Waals surface area contributed by atoms with Gasteiger partial charge in [-0.05, 0) is 17.7 Å². The van der Waals surface area contributed by atoms with Gasteiger partial charge in [0.1, 0.15) is 40.7 Å². The number of rotatable bonds is 1. The Morgan fingerprint density at radius 1 is 0.947 bits per heavy atom.